The summed E-state index contributed by atoms with van der Waals surface area (Å²) in [6.07, 6.45) is 0. The topological polar surface area (TPSA) is 66.5 Å². The second-order valence-electron chi connectivity index (χ2n) is 8.41. The Morgan fingerprint density at radius 2 is 1.47 bits per heavy atom. The van der Waals surface area contributed by atoms with Crippen molar-refractivity contribution in [2.75, 3.05) is 16.2 Å². The lowest BCUT2D eigenvalue weighted by Crippen LogP contribution is -2.38. The van der Waals surface area contributed by atoms with Crippen LogP contribution < -0.4 is 9.62 Å². The lowest BCUT2D eigenvalue weighted by Gasteiger charge is -2.25. The van der Waals surface area contributed by atoms with E-state index < -0.39 is 22.5 Å². The maximum atomic E-state index is 13.7. The van der Waals surface area contributed by atoms with Crippen LogP contribution in [0.5, 0.6) is 0 Å². The van der Waals surface area contributed by atoms with E-state index in [1.54, 1.807) is 36.0 Å². The number of halogens is 3. The van der Waals surface area contributed by atoms with Gasteiger partial charge in [-0.3, -0.25) is 9.10 Å². The van der Waals surface area contributed by atoms with E-state index in [9.17, 15) is 13.2 Å². The average molecular weight is 606 g/mol. The van der Waals surface area contributed by atoms with Gasteiger partial charge in [-0.1, -0.05) is 76.8 Å². The third-order valence-corrected chi connectivity index (χ3v) is 9.12. The molecule has 0 heterocycles. The lowest BCUT2D eigenvalue weighted by atomic mass is 10.2. The highest BCUT2D eigenvalue weighted by molar-refractivity contribution is 7.98. The zero-order chi connectivity index (χ0) is 27.3. The summed E-state index contributed by atoms with van der Waals surface area (Å²) in [4.78, 5) is 14.1. The van der Waals surface area contributed by atoms with Gasteiger partial charge >= 0.3 is 0 Å². The Bertz CT molecular complexity index is 1520. The van der Waals surface area contributed by atoms with E-state index in [0.717, 1.165) is 20.3 Å². The predicted octanol–water partition coefficient (Wildman–Crippen LogP) is 8.08. The first-order chi connectivity index (χ1) is 18.1. The molecule has 5 nitrogen and oxygen atoms in total. The maximum absolute atomic E-state index is 13.7. The molecule has 4 aromatic rings. The number of para-hydroxylation sites is 1. The van der Waals surface area contributed by atoms with E-state index in [1.165, 1.54) is 30.3 Å². The molecule has 0 unspecified atom stereocenters. The summed E-state index contributed by atoms with van der Waals surface area (Å²) in [5, 5.41) is 4.03. The monoisotopic (exact) mass is 604 g/mol. The molecule has 4 rings (SSSR count). The molecular formula is C28H23Cl3N2O3S2. The van der Waals surface area contributed by atoms with Crippen molar-refractivity contribution in [1.29, 1.82) is 0 Å². The normalized spacial score (nSPS) is 11.3. The summed E-state index contributed by atoms with van der Waals surface area (Å²) < 4.78 is 28.3. The van der Waals surface area contributed by atoms with E-state index in [-0.39, 0.29) is 20.6 Å². The molecule has 0 saturated carbocycles. The molecule has 0 spiro atoms. The number of aryl methyl sites for hydroxylation is 1. The Morgan fingerprint density at radius 3 is 2.13 bits per heavy atom. The minimum Gasteiger partial charge on any atom is -0.323 e. The van der Waals surface area contributed by atoms with E-state index >= 15 is 0 Å². The van der Waals surface area contributed by atoms with Crippen molar-refractivity contribution >= 4 is 73.9 Å². The largest absolute Gasteiger partial charge is 0.323 e. The molecule has 0 saturated heterocycles. The molecular weight excluding hydrogens is 583 g/mol. The number of rotatable bonds is 9. The van der Waals surface area contributed by atoms with Crippen LogP contribution in [0.15, 0.2) is 101 Å². The summed E-state index contributed by atoms with van der Waals surface area (Å²) in [7, 11) is -4.11. The molecule has 196 valence electrons. The number of nitrogens with zero attached hydrogens (tertiary/aromatic N) is 1. The minimum absolute atomic E-state index is 0.0471. The quantitative estimate of drug-likeness (QED) is 0.196. The molecule has 1 N–H and O–H groups in total. The van der Waals surface area contributed by atoms with Crippen molar-refractivity contribution in [2.45, 2.75) is 22.5 Å². The van der Waals surface area contributed by atoms with E-state index in [4.69, 9.17) is 34.8 Å². The highest BCUT2D eigenvalue weighted by atomic mass is 35.5. The Hall–Kier alpha value is -2.68. The van der Waals surface area contributed by atoms with Crippen molar-refractivity contribution in [3.05, 3.63) is 117 Å². The highest BCUT2D eigenvalue weighted by Gasteiger charge is 2.28. The smallest absolute Gasteiger partial charge is 0.264 e. The number of anilines is 2. The number of hydrogen-bond acceptors (Lipinski definition) is 4. The standard InChI is InChI=1S/C28H23Cl3N2O3S2/c1-19-6-12-25(13-7-19)38(35,36)33(24-15-22(30)14-23(31)16-24)17-28(34)32-26-4-2-3-5-27(26)37-18-20-8-10-21(29)11-9-20/h2-16H,17-18H2,1H3,(H,32,34). The van der Waals surface area contributed by atoms with Crippen molar-refractivity contribution < 1.29 is 13.2 Å². The number of benzene rings is 4. The van der Waals surface area contributed by atoms with Gasteiger partial charge in [0.15, 0.2) is 0 Å². The van der Waals surface area contributed by atoms with Gasteiger partial charge in [0.2, 0.25) is 5.91 Å². The molecule has 38 heavy (non-hydrogen) atoms. The van der Waals surface area contributed by atoms with Gasteiger partial charge in [-0.15, -0.1) is 11.8 Å². The van der Waals surface area contributed by atoms with Crippen LogP contribution in [0.2, 0.25) is 15.1 Å². The summed E-state index contributed by atoms with van der Waals surface area (Å²) in [5.74, 6) is 0.148. The lowest BCUT2D eigenvalue weighted by molar-refractivity contribution is -0.114. The van der Waals surface area contributed by atoms with Crippen LogP contribution in [0.25, 0.3) is 0 Å². The Labute approximate surface area is 241 Å². The second-order valence-corrected chi connectivity index (χ2v) is 12.6. The number of nitrogens with one attached hydrogen (secondary N) is 1. The van der Waals surface area contributed by atoms with Crippen LogP contribution in [-0.2, 0) is 20.6 Å². The maximum Gasteiger partial charge on any atom is 0.264 e. The Balaban J connectivity index is 1.59. The number of carbonyl (C=O) groups excluding carboxylic acids is 1. The molecule has 0 atom stereocenters. The summed E-state index contributed by atoms with van der Waals surface area (Å²) in [6, 6.07) is 25.7. The molecule has 0 aliphatic carbocycles. The summed E-state index contributed by atoms with van der Waals surface area (Å²) >= 11 is 19.9. The molecule has 0 aliphatic rings. The van der Waals surface area contributed by atoms with Crippen LogP contribution in [0, 0.1) is 6.92 Å². The minimum atomic E-state index is -4.11. The first-order valence-corrected chi connectivity index (χ1v) is 15.0. The zero-order valence-corrected chi connectivity index (χ0v) is 24.1. The fourth-order valence-corrected chi connectivity index (χ4v) is 6.60. The molecule has 0 aliphatic heterocycles. The van der Waals surface area contributed by atoms with Gasteiger partial charge in [-0.2, -0.15) is 0 Å². The van der Waals surface area contributed by atoms with Gasteiger partial charge in [0.1, 0.15) is 6.54 Å². The molecule has 0 aromatic heterocycles. The number of sulfonamides is 1. The van der Waals surface area contributed by atoms with Crippen molar-refractivity contribution in [3.63, 3.8) is 0 Å². The molecule has 4 aromatic carbocycles. The second kappa shape index (κ2) is 12.5. The molecule has 10 heteroatoms. The van der Waals surface area contributed by atoms with Gasteiger partial charge in [0, 0.05) is 25.7 Å². The van der Waals surface area contributed by atoms with Crippen LogP contribution in [-0.4, -0.2) is 20.9 Å². The average Bonchev–Trinajstić information content (AvgIpc) is 2.87. The van der Waals surface area contributed by atoms with Gasteiger partial charge < -0.3 is 5.32 Å². The van der Waals surface area contributed by atoms with E-state index in [1.807, 2.05) is 43.3 Å². The molecule has 0 radical (unpaired) electrons. The van der Waals surface area contributed by atoms with E-state index in [0.29, 0.717) is 16.5 Å². The fourth-order valence-electron chi connectivity index (χ4n) is 3.59. The first kappa shape index (κ1) is 28.3. The van der Waals surface area contributed by atoms with Crippen LogP contribution in [0.3, 0.4) is 0 Å². The third kappa shape index (κ3) is 7.24. The number of thioether (sulfide) groups is 1. The predicted molar refractivity (Wildman–Crippen MR) is 158 cm³/mol. The van der Waals surface area contributed by atoms with Gasteiger partial charge in [-0.25, -0.2) is 8.42 Å². The van der Waals surface area contributed by atoms with Gasteiger partial charge in [-0.05, 0) is 67.1 Å². The number of carbonyl (C=O) groups is 1. The van der Waals surface area contributed by atoms with E-state index in [2.05, 4.69) is 5.32 Å². The van der Waals surface area contributed by atoms with Crippen molar-refractivity contribution in [2.24, 2.45) is 0 Å². The first-order valence-electron chi connectivity index (χ1n) is 11.4. The highest BCUT2D eigenvalue weighted by Crippen LogP contribution is 2.32. The zero-order valence-electron chi connectivity index (χ0n) is 20.2. The Kier molecular flexibility index (Phi) is 9.28. The summed E-state index contributed by atoms with van der Waals surface area (Å²) in [6.45, 7) is 1.38. The fraction of sp³-hybridized carbons (Fsp3) is 0.107. The third-order valence-electron chi connectivity index (χ3n) is 5.50. The Morgan fingerprint density at radius 1 is 0.842 bits per heavy atom. The molecule has 1 amide bonds. The van der Waals surface area contributed by atoms with Gasteiger partial charge in [0.05, 0.1) is 16.3 Å². The number of hydrogen-bond donors (Lipinski definition) is 1. The summed E-state index contributed by atoms with van der Waals surface area (Å²) in [5.41, 5.74) is 2.75. The van der Waals surface area contributed by atoms with Crippen molar-refractivity contribution in [3.8, 4) is 0 Å². The van der Waals surface area contributed by atoms with Crippen LogP contribution in [0.4, 0.5) is 11.4 Å². The molecule has 0 fully saturated rings. The van der Waals surface area contributed by atoms with Crippen LogP contribution in [0.1, 0.15) is 11.1 Å². The van der Waals surface area contributed by atoms with Crippen molar-refractivity contribution in [1.82, 2.24) is 0 Å². The SMILES string of the molecule is Cc1ccc(S(=O)(=O)N(CC(=O)Nc2ccccc2SCc2ccc(Cl)cc2)c2cc(Cl)cc(Cl)c2)cc1. The van der Waals surface area contributed by atoms with Gasteiger partial charge in [0.25, 0.3) is 10.0 Å². The van der Waals surface area contributed by atoms with Crippen LogP contribution >= 0.6 is 46.6 Å². The molecule has 0 bridgehead atoms. The number of amides is 1.